The van der Waals surface area contributed by atoms with E-state index in [0.29, 0.717) is 22.6 Å². The van der Waals surface area contributed by atoms with Crippen LogP contribution in [-0.4, -0.2) is 35.3 Å². The summed E-state index contributed by atoms with van der Waals surface area (Å²) in [5.41, 5.74) is 0.839. The minimum absolute atomic E-state index is 0.00134. The van der Waals surface area contributed by atoms with Gasteiger partial charge in [-0.1, -0.05) is 0 Å². The van der Waals surface area contributed by atoms with Crippen LogP contribution in [0.5, 0.6) is 23.0 Å². The van der Waals surface area contributed by atoms with Crippen molar-refractivity contribution in [3.63, 3.8) is 0 Å². The highest BCUT2D eigenvalue weighted by molar-refractivity contribution is 6.02. The third-order valence-corrected chi connectivity index (χ3v) is 3.62. The van der Waals surface area contributed by atoms with Crippen molar-refractivity contribution in [2.75, 3.05) is 14.2 Å². The molecule has 0 spiro atoms. The van der Waals surface area contributed by atoms with Crippen LogP contribution in [0.15, 0.2) is 60.4 Å². The average molecular weight is 368 g/mol. The Balaban J connectivity index is 2.10. The van der Waals surface area contributed by atoms with Crippen molar-refractivity contribution >= 4 is 17.9 Å². The zero-order chi connectivity index (χ0) is 19.8. The minimum Gasteiger partial charge on any atom is -0.508 e. The number of hydrogen-bond donors (Lipinski definition) is 3. The van der Waals surface area contributed by atoms with Gasteiger partial charge in [0.1, 0.15) is 28.8 Å². The van der Waals surface area contributed by atoms with Crippen LogP contribution in [0.25, 0.3) is 12.2 Å². The molecule has 6 heteroatoms. The van der Waals surface area contributed by atoms with Crippen LogP contribution in [0.1, 0.15) is 11.1 Å². The van der Waals surface area contributed by atoms with Gasteiger partial charge in [-0.25, -0.2) is 0 Å². The number of rotatable bonds is 7. The van der Waals surface area contributed by atoms with E-state index in [4.69, 9.17) is 9.47 Å². The van der Waals surface area contributed by atoms with Crippen LogP contribution in [0.2, 0.25) is 0 Å². The van der Waals surface area contributed by atoms with Gasteiger partial charge in [0.15, 0.2) is 5.78 Å². The molecule has 0 saturated carbocycles. The molecule has 27 heavy (non-hydrogen) atoms. The highest BCUT2D eigenvalue weighted by atomic mass is 16.5. The number of methoxy groups -OCH3 is 2. The van der Waals surface area contributed by atoms with Crippen LogP contribution < -0.4 is 9.47 Å². The van der Waals surface area contributed by atoms with Crippen molar-refractivity contribution in [3.8, 4) is 23.0 Å². The molecule has 2 aromatic carbocycles. The van der Waals surface area contributed by atoms with Crippen molar-refractivity contribution in [1.82, 2.24) is 0 Å². The Bertz CT molecular complexity index is 909. The van der Waals surface area contributed by atoms with Crippen molar-refractivity contribution in [2.45, 2.75) is 0 Å². The number of phenolic OH excluding ortho intramolecular Hbond substituents is 2. The molecular formula is C21H20O6. The van der Waals surface area contributed by atoms with E-state index in [1.807, 2.05) is 0 Å². The van der Waals surface area contributed by atoms with Crippen molar-refractivity contribution in [3.05, 3.63) is 71.5 Å². The number of aliphatic hydroxyl groups excluding tert-OH is 1. The van der Waals surface area contributed by atoms with Gasteiger partial charge in [0, 0.05) is 17.2 Å². The number of aromatic hydroxyl groups is 2. The minimum atomic E-state index is -0.478. The smallest absolute Gasteiger partial charge is 0.182 e. The van der Waals surface area contributed by atoms with E-state index in [1.54, 1.807) is 24.3 Å². The van der Waals surface area contributed by atoms with Gasteiger partial charge in [-0.3, -0.25) is 4.79 Å². The Kier molecular flexibility index (Phi) is 6.66. The summed E-state index contributed by atoms with van der Waals surface area (Å²) in [5.74, 6) is 0.337. The summed E-state index contributed by atoms with van der Waals surface area (Å²) in [6.07, 6.45) is 6.38. The molecule has 0 aliphatic rings. The molecule has 0 radical (unpaired) electrons. The summed E-state index contributed by atoms with van der Waals surface area (Å²) in [4.78, 5) is 11.9. The first kappa shape index (κ1) is 19.7. The molecule has 0 amide bonds. The lowest BCUT2D eigenvalue weighted by molar-refractivity contribution is -0.110. The lowest BCUT2D eigenvalue weighted by Gasteiger charge is -2.03. The second-order valence-electron chi connectivity index (χ2n) is 5.49. The maximum absolute atomic E-state index is 11.9. The molecule has 6 nitrogen and oxygen atoms in total. The predicted octanol–water partition coefficient (Wildman–Crippen LogP) is 3.85. The van der Waals surface area contributed by atoms with Crippen LogP contribution in [0.4, 0.5) is 0 Å². The maximum Gasteiger partial charge on any atom is 0.182 e. The Hall–Kier alpha value is -3.67. The summed E-state index contributed by atoms with van der Waals surface area (Å²) in [7, 11) is 3.00. The van der Waals surface area contributed by atoms with Crippen LogP contribution >= 0.6 is 0 Å². The van der Waals surface area contributed by atoms with E-state index in [9.17, 15) is 20.1 Å². The molecule has 0 aliphatic carbocycles. The highest BCUT2D eigenvalue weighted by Crippen LogP contribution is 2.25. The predicted molar refractivity (Wildman–Crippen MR) is 103 cm³/mol. The fourth-order valence-electron chi connectivity index (χ4n) is 2.18. The number of ether oxygens (including phenoxy) is 2. The first-order valence-corrected chi connectivity index (χ1v) is 7.97. The Morgan fingerprint density at radius 1 is 0.852 bits per heavy atom. The summed E-state index contributed by atoms with van der Waals surface area (Å²) in [6.45, 7) is 0. The van der Waals surface area contributed by atoms with Crippen LogP contribution in [0, 0.1) is 0 Å². The number of allylic oxidation sites excluding steroid dienone is 3. The van der Waals surface area contributed by atoms with Gasteiger partial charge in [-0.2, -0.15) is 0 Å². The number of benzene rings is 2. The number of aliphatic hydroxyl groups is 1. The molecule has 140 valence electrons. The fraction of sp³-hybridized carbons (Fsp3) is 0.0952. The lowest BCUT2D eigenvalue weighted by atomic mass is 10.1. The molecule has 0 unspecified atom stereocenters. The van der Waals surface area contributed by atoms with E-state index < -0.39 is 5.78 Å². The second-order valence-corrected chi connectivity index (χ2v) is 5.49. The molecule has 0 atom stereocenters. The standard InChI is InChI=1S/C21H20O6/c1-26-18-7-9-20(24)14(11-18)3-5-16(22)13-17(23)6-4-15-12-19(27-2)8-10-21(15)25/h3-13,22,24-25H,1-2H3/b5-3+,6-4+,16-13-. The summed E-state index contributed by atoms with van der Waals surface area (Å²) >= 11 is 0. The van der Waals surface area contributed by atoms with E-state index in [1.165, 1.54) is 50.7 Å². The van der Waals surface area contributed by atoms with Gasteiger partial charge in [0.05, 0.1) is 14.2 Å². The largest absolute Gasteiger partial charge is 0.508 e. The summed E-state index contributed by atoms with van der Waals surface area (Å²) in [6, 6.07) is 9.29. The monoisotopic (exact) mass is 368 g/mol. The number of hydrogen-bond acceptors (Lipinski definition) is 6. The van der Waals surface area contributed by atoms with Gasteiger partial charge in [-0.05, 0) is 60.7 Å². The number of carbonyl (C=O) groups excluding carboxylic acids is 1. The Morgan fingerprint density at radius 3 is 1.81 bits per heavy atom. The third kappa shape index (κ3) is 5.67. The quantitative estimate of drug-likeness (QED) is 0.390. The normalized spacial score (nSPS) is 11.9. The van der Waals surface area contributed by atoms with E-state index >= 15 is 0 Å². The first-order chi connectivity index (χ1) is 12.9. The van der Waals surface area contributed by atoms with Crippen LogP contribution in [-0.2, 0) is 4.79 Å². The van der Waals surface area contributed by atoms with E-state index in [2.05, 4.69) is 0 Å². The molecule has 0 aromatic heterocycles. The SMILES string of the molecule is COc1ccc(O)c(/C=C/C(=O)/C=C(O)/C=C/c2cc(OC)ccc2O)c1. The summed E-state index contributed by atoms with van der Waals surface area (Å²) < 4.78 is 10.1. The van der Waals surface area contributed by atoms with Gasteiger partial charge in [-0.15, -0.1) is 0 Å². The molecule has 2 aromatic rings. The van der Waals surface area contributed by atoms with Crippen molar-refractivity contribution < 1.29 is 29.6 Å². The molecule has 0 bridgehead atoms. The number of ketones is 1. The van der Waals surface area contributed by atoms with Crippen molar-refractivity contribution in [2.24, 2.45) is 0 Å². The highest BCUT2D eigenvalue weighted by Gasteiger charge is 2.02. The molecule has 0 heterocycles. The van der Waals surface area contributed by atoms with Crippen molar-refractivity contribution in [1.29, 1.82) is 0 Å². The van der Waals surface area contributed by atoms with Gasteiger partial charge >= 0.3 is 0 Å². The van der Waals surface area contributed by atoms with Gasteiger partial charge in [0.25, 0.3) is 0 Å². The number of phenols is 2. The molecule has 2 rings (SSSR count). The zero-order valence-corrected chi connectivity index (χ0v) is 14.9. The first-order valence-electron chi connectivity index (χ1n) is 7.97. The molecule has 3 N–H and O–H groups in total. The topological polar surface area (TPSA) is 96.2 Å². The van der Waals surface area contributed by atoms with Crippen LogP contribution in [0.3, 0.4) is 0 Å². The maximum atomic E-state index is 11.9. The second kappa shape index (κ2) is 9.15. The van der Waals surface area contributed by atoms with Gasteiger partial charge in [0.2, 0.25) is 0 Å². The average Bonchev–Trinajstić information content (AvgIpc) is 2.66. The molecule has 0 fully saturated rings. The van der Waals surface area contributed by atoms with E-state index in [0.717, 1.165) is 6.08 Å². The summed E-state index contributed by atoms with van der Waals surface area (Å²) in [5, 5.41) is 29.4. The van der Waals surface area contributed by atoms with Gasteiger partial charge < -0.3 is 24.8 Å². The third-order valence-electron chi connectivity index (χ3n) is 3.62. The number of carbonyl (C=O) groups is 1. The fourth-order valence-corrected chi connectivity index (χ4v) is 2.18. The molecular weight excluding hydrogens is 348 g/mol. The lowest BCUT2D eigenvalue weighted by Crippen LogP contribution is -1.89. The Morgan fingerprint density at radius 2 is 1.33 bits per heavy atom. The molecule has 0 saturated heterocycles. The zero-order valence-electron chi connectivity index (χ0n) is 14.9. The van der Waals surface area contributed by atoms with E-state index in [-0.39, 0.29) is 17.3 Å². The Labute approximate surface area is 156 Å². The molecule has 0 aliphatic heterocycles.